The Labute approximate surface area is 102 Å². The number of carbonyl (C=O) groups is 1. The van der Waals surface area contributed by atoms with Crippen LogP contribution in [-0.2, 0) is 0 Å². The average molecular weight is 249 g/mol. The van der Waals surface area contributed by atoms with Gasteiger partial charge in [0.25, 0.3) is 5.91 Å². The standard InChI is InChI=1S/C10H11N5OS/c1-6-3-4-12-5-7(6)13-8(16)9-14-15-10(11-2)17-9/h3-5H,1-2H3,(H,11,15)(H,13,16). The van der Waals surface area contributed by atoms with Gasteiger partial charge in [0.15, 0.2) is 0 Å². The Bertz CT molecular complexity index is 539. The SMILES string of the molecule is CNc1nnc(C(=O)Nc2cnccc2C)s1. The van der Waals surface area contributed by atoms with Crippen LogP contribution in [0.25, 0.3) is 0 Å². The van der Waals surface area contributed by atoms with Crippen molar-refractivity contribution in [2.24, 2.45) is 0 Å². The molecule has 0 atom stereocenters. The van der Waals surface area contributed by atoms with Crippen molar-refractivity contribution in [2.45, 2.75) is 6.92 Å². The summed E-state index contributed by atoms with van der Waals surface area (Å²) in [4.78, 5) is 15.8. The van der Waals surface area contributed by atoms with E-state index in [0.29, 0.717) is 15.8 Å². The van der Waals surface area contributed by atoms with Gasteiger partial charge in [-0.2, -0.15) is 0 Å². The third kappa shape index (κ3) is 2.56. The van der Waals surface area contributed by atoms with Crippen molar-refractivity contribution in [1.29, 1.82) is 0 Å². The molecule has 88 valence electrons. The molecule has 1 amide bonds. The average Bonchev–Trinajstić information content (AvgIpc) is 2.81. The van der Waals surface area contributed by atoms with E-state index in [2.05, 4.69) is 25.8 Å². The Morgan fingerprint density at radius 2 is 2.24 bits per heavy atom. The van der Waals surface area contributed by atoms with E-state index in [-0.39, 0.29) is 5.91 Å². The van der Waals surface area contributed by atoms with E-state index < -0.39 is 0 Å². The minimum atomic E-state index is -0.278. The summed E-state index contributed by atoms with van der Waals surface area (Å²) in [5.41, 5.74) is 1.63. The maximum absolute atomic E-state index is 11.8. The summed E-state index contributed by atoms with van der Waals surface area (Å²) in [7, 11) is 1.73. The van der Waals surface area contributed by atoms with Crippen molar-refractivity contribution in [3.8, 4) is 0 Å². The van der Waals surface area contributed by atoms with E-state index >= 15 is 0 Å². The molecule has 0 aliphatic carbocycles. The van der Waals surface area contributed by atoms with Crippen molar-refractivity contribution in [3.63, 3.8) is 0 Å². The number of hydrogen-bond acceptors (Lipinski definition) is 6. The molecule has 0 saturated carbocycles. The second-order valence-corrected chi connectivity index (χ2v) is 4.28. The number of anilines is 2. The normalized spacial score (nSPS) is 10.0. The van der Waals surface area contributed by atoms with Crippen molar-refractivity contribution in [1.82, 2.24) is 15.2 Å². The molecule has 0 radical (unpaired) electrons. The van der Waals surface area contributed by atoms with Gasteiger partial charge in [0, 0.05) is 13.2 Å². The Morgan fingerprint density at radius 3 is 2.88 bits per heavy atom. The minimum Gasteiger partial charge on any atom is -0.363 e. The molecule has 0 aromatic carbocycles. The van der Waals surface area contributed by atoms with Crippen LogP contribution >= 0.6 is 11.3 Å². The molecule has 0 aliphatic heterocycles. The fourth-order valence-corrected chi connectivity index (χ4v) is 1.78. The van der Waals surface area contributed by atoms with Crippen molar-refractivity contribution in [2.75, 3.05) is 17.7 Å². The first-order chi connectivity index (χ1) is 8.20. The Kier molecular flexibility index (Phi) is 3.29. The summed E-state index contributed by atoms with van der Waals surface area (Å²) < 4.78 is 0. The van der Waals surface area contributed by atoms with Gasteiger partial charge in [0.1, 0.15) is 0 Å². The largest absolute Gasteiger partial charge is 0.363 e. The number of carbonyl (C=O) groups excluding carboxylic acids is 1. The molecule has 2 heterocycles. The molecule has 6 nitrogen and oxygen atoms in total. The van der Waals surface area contributed by atoms with Crippen LogP contribution in [-0.4, -0.2) is 28.1 Å². The lowest BCUT2D eigenvalue weighted by atomic mass is 10.2. The van der Waals surface area contributed by atoms with Crippen molar-refractivity contribution < 1.29 is 4.79 Å². The summed E-state index contributed by atoms with van der Waals surface area (Å²) in [6, 6.07) is 1.83. The summed E-state index contributed by atoms with van der Waals surface area (Å²) in [6.45, 7) is 1.90. The number of aromatic nitrogens is 3. The quantitative estimate of drug-likeness (QED) is 0.862. The molecule has 0 unspecified atom stereocenters. The van der Waals surface area contributed by atoms with Gasteiger partial charge in [-0.3, -0.25) is 9.78 Å². The smallest absolute Gasteiger partial charge is 0.286 e. The van der Waals surface area contributed by atoms with Crippen molar-refractivity contribution >= 4 is 28.1 Å². The first-order valence-electron chi connectivity index (χ1n) is 4.94. The number of aryl methyl sites for hydroxylation is 1. The lowest BCUT2D eigenvalue weighted by molar-refractivity contribution is 0.102. The van der Waals surface area contributed by atoms with Gasteiger partial charge < -0.3 is 10.6 Å². The van der Waals surface area contributed by atoms with Crippen molar-refractivity contribution in [3.05, 3.63) is 29.0 Å². The molecular weight excluding hydrogens is 238 g/mol. The topological polar surface area (TPSA) is 79.8 Å². The maximum atomic E-state index is 11.8. The van der Waals surface area contributed by atoms with E-state index in [4.69, 9.17) is 0 Å². The lowest BCUT2D eigenvalue weighted by Gasteiger charge is -2.04. The predicted octanol–water partition coefficient (Wildman–Crippen LogP) is 1.54. The highest BCUT2D eigenvalue weighted by Gasteiger charge is 2.13. The summed E-state index contributed by atoms with van der Waals surface area (Å²) in [5.74, 6) is -0.278. The van der Waals surface area contributed by atoms with Gasteiger partial charge in [0.05, 0.1) is 11.9 Å². The molecule has 0 saturated heterocycles. The van der Waals surface area contributed by atoms with Gasteiger partial charge in [0.2, 0.25) is 10.1 Å². The van der Waals surface area contributed by atoms with Crippen LogP contribution in [0.4, 0.5) is 10.8 Å². The molecule has 2 N–H and O–H groups in total. The number of pyridine rings is 1. The first kappa shape index (κ1) is 11.5. The Hall–Kier alpha value is -2.02. The fraction of sp³-hybridized carbons (Fsp3) is 0.200. The summed E-state index contributed by atoms with van der Waals surface area (Å²) in [5, 5.41) is 14.1. The molecule has 2 rings (SSSR count). The number of rotatable bonds is 3. The number of hydrogen-bond donors (Lipinski definition) is 2. The molecule has 0 aliphatic rings. The van der Waals surface area contributed by atoms with Crippen LogP contribution < -0.4 is 10.6 Å². The van der Waals surface area contributed by atoms with Crippen LogP contribution in [0.2, 0.25) is 0 Å². The van der Waals surface area contributed by atoms with Crippen LogP contribution in [0.1, 0.15) is 15.4 Å². The highest BCUT2D eigenvalue weighted by Crippen LogP contribution is 2.17. The van der Waals surface area contributed by atoms with E-state index in [0.717, 1.165) is 5.56 Å². The Balaban J connectivity index is 2.14. The van der Waals surface area contributed by atoms with Gasteiger partial charge >= 0.3 is 0 Å². The number of amides is 1. The zero-order valence-electron chi connectivity index (χ0n) is 9.39. The monoisotopic (exact) mass is 249 g/mol. The first-order valence-corrected chi connectivity index (χ1v) is 5.75. The summed E-state index contributed by atoms with van der Waals surface area (Å²) in [6.07, 6.45) is 3.28. The van der Waals surface area contributed by atoms with Crippen LogP contribution in [0.15, 0.2) is 18.5 Å². The third-order valence-corrected chi connectivity index (χ3v) is 3.06. The van der Waals surface area contributed by atoms with E-state index in [1.54, 1.807) is 19.4 Å². The third-order valence-electron chi connectivity index (χ3n) is 2.12. The van der Waals surface area contributed by atoms with Crippen LogP contribution in [0.3, 0.4) is 0 Å². The number of nitrogens with one attached hydrogen (secondary N) is 2. The highest BCUT2D eigenvalue weighted by molar-refractivity contribution is 7.17. The summed E-state index contributed by atoms with van der Waals surface area (Å²) >= 11 is 1.20. The minimum absolute atomic E-state index is 0.278. The zero-order chi connectivity index (χ0) is 12.3. The van der Waals surface area contributed by atoms with E-state index in [1.807, 2.05) is 13.0 Å². The molecule has 7 heteroatoms. The van der Waals surface area contributed by atoms with Crippen LogP contribution in [0.5, 0.6) is 0 Å². The lowest BCUT2D eigenvalue weighted by Crippen LogP contribution is -2.12. The Morgan fingerprint density at radius 1 is 1.41 bits per heavy atom. The molecule has 17 heavy (non-hydrogen) atoms. The molecule has 0 spiro atoms. The van der Waals surface area contributed by atoms with Gasteiger partial charge in [-0.15, -0.1) is 10.2 Å². The maximum Gasteiger partial charge on any atom is 0.286 e. The van der Waals surface area contributed by atoms with Crippen LogP contribution in [0, 0.1) is 6.92 Å². The highest BCUT2D eigenvalue weighted by atomic mass is 32.1. The molecular formula is C10H11N5OS. The molecule has 0 bridgehead atoms. The van der Waals surface area contributed by atoms with Gasteiger partial charge in [-0.1, -0.05) is 11.3 Å². The zero-order valence-corrected chi connectivity index (χ0v) is 10.2. The predicted molar refractivity (Wildman–Crippen MR) is 66.4 cm³/mol. The second-order valence-electron chi connectivity index (χ2n) is 3.31. The second kappa shape index (κ2) is 4.88. The van der Waals surface area contributed by atoms with Gasteiger partial charge in [-0.05, 0) is 18.6 Å². The fourth-order valence-electron chi connectivity index (χ4n) is 1.19. The van der Waals surface area contributed by atoms with Gasteiger partial charge in [-0.25, -0.2) is 0 Å². The number of nitrogens with zero attached hydrogens (tertiary/aromatic N) is 3. The van der Waals surface area contributed by atoms with E-state index in [9.17, 15) is 4.79 Å². The molecule has 2 aromatic heterocycles. The molecule has 0 fully saturated rings. The van der Waals surface area contributed by atoms with E-state index in [1.165, 1.54) is 11.3 Å². The molecule has 2 aromatic rings.